The van der Waals surface area contributed by atoms with Crippen LogP contribution in [0.15, 0.2) is 5.16 Å². The summed E-state index contributed by atoms with van der Waals surface area (Å²) in [4.78, 5) is 9.62. The van der Waals surface area contributed by atoms with Gasteiger partial charge in [0.1, 0.15) is 7.11 Å². The SMILES string of the molecule is CON=C1CCN(CCN(C)C(C)(C)C)C1. The Morgan fingerprint density at radius 3 is 2.69 bits per heavy atom. The lowest BCUT2D eigenvalue weighted by Crippen LogP contribution is -2.42. The van der Waals surface area contributed by atoms with Gasteiger partial charge in [-0.25, -0.2) is 0 Å². The predicted octanol–water partition coefficient (Wildman–Crippen LogP) is 1.42. The molecule has 0 aromatic rings. The third-order valence-corrected chi connectivity index (χ3v) is 3.24. The van der Waals surface area contributed by atoms with E-state index in [4.69, 9.17) is 4.84 Å². The first-order chi connectivity index (χ1) is 7.43. The second-order valence-corrected chi connectivity index (χ2v) is 5.46. The van der Waals surface area contributed by atoms with Gasteiger partial charge in [-0.3, -0.25) is 4.90 Å². The normalized spacial score (nSPS) is 21.0. The first kappa shape index (κ1) is 13.5. The predicted molar refractivity (Wildman–Crippen MR) is 67.9 cm³/mol. The minimum Gasteiger partial charge on any atom is -0.399 e. The molecular formula is C12H25N3O. The summed E-state index contributed by atoms with van der Waals surface area (Å²) in [6.07, 6.45) is 1.05. The molecule has 0 amide bonds. The number of likely N-dealkylation sites (tertiary alicyclic amines) is 1. The van der Waals surface area contributed by atoms with E-state index in [1.54, 1.807) is 7.11 Å². The number of rotatable bonds is 4. The second kappa shape index (κ2) is 5.64. The van der Waals surface area contributed by atoms with E-state index in [0.29, 0.717) is 0 Å². The summed E-state index contributed by atoms with van der Waals surface area (Å²) in [6.45, 7) is 11.0. The van der Waals surface area contributed by atoms with Crippen LogP contribution in [-0.2, 0) is 4.84 Å². The molecule has 1 aliphatic rings. The van der Waals surface area contributed by atoms with Crippen molar-refractivity contribution in [2.75, 3.05) is 40.3 Å². The molecule has 0 bridgehead atoms. The molecule has 0 aliphatic carbocycles. The van der Waals surface area contributed by atoms with Crippen molar-refractivity contribution in [3.63, 3.8) is 0 Å². The molecule has 1 aliphatic heterocycles. The molecule has 0 unspecified atom stereocenters. The lowest BCUT2D eigenvalue weighted by Gasteiger charge is -2.33. The highest BCUT2D eigenvalue weighted by Gasteiger charge is 2.21. The molecule has 0 radical (unpaired) electrons. The third-order valence-electron chi connectivity index (χ3n) is 3.24. The molecule has 4 heteroatoms. The molecule has 0 aromatic heterocycles. The zero-order valence-electron chi connectivity index (χ0n) is 11.3. The summed E-state index contributed by atoms with van der Waals surface area (Å²) in [5, 5.41) is 4.01. The van der Waals surface area contributed by atoms with Crippen LogP contribution in [0.25, 0.3) is 0 Å². The molecule has 94 valence electrons. The molecule has 16 heavy (non-hydrogen) atoms. The van der Waals surface area contributed by atoms with Crippen LogP contribution in [0.5, 0.6) is 0 Å². The average molecular weight is 227 g/mol. The molecule has 1 saturated heterocycles. The maximum absolute atomic E-state index is 4.80. The van der Waals surface area contributed by atoms with Crippen molar-refractivity contribution in [1.82, 2.24) is 9.80 Å². The smallest absolute Gasteiger partial charge is 0.106 e. The molecule has 0 atom stereocenters. The van der Waals surface area contributed by atoms with Crippen molar-refractivity contribution >= 4 is 5.71 Å². The van der Waals surface area contributed by atoms with Gasteiger partial charge in [-0.1, -0.05) is 5.16 Å². The average Bonchev–Trinajstić information content (AvgIpc) is 2.61. The van der Waals surface area contributed by atoms with Gasteiger partial charge in [-0.15, -0.1) is 0 Å². The molecule has 1 heterocycles. The standard InChI is InChI=1S/C12H25N3O/c1-12(2,3)14(4)8-9-15-7-6-11(10-15)13-16-5/h6-10H2,1-5H3. The lowest BCUT2D eigenvalue weighted by molar-refractivity contribution is 0.155. The highest BCUT2D eigenvalue weighted by molar-refractivity contribution is 5.87. The van der Waals surface area contributed by atoms with E-state index < -0.39 is 0 Å². The Hall–Kier alpha value is -0.610. The minimum absolute atomic E-state index is 0.253. The van der Waals surface area contributed by atoms with E-state index >= 15 is 0 Å². The fourth-order valence-corrected chi connectivity index (χ4v) is 1.72. The van der Waals surface area contributed by atoms with Crippen molar-refractivity contribution in [2.24, 2.45) is 5.16 Å². The maximum atomic E-state index is 4.80. The second-order valence-electron chi connectivity index (χ2n) is 5.46. The summed E-state index contributed by atoms with van der Waals surface area (Å²) in [7, 11) is 3.79. The third kappa shape index (κ3) is 4.10. The lowest BCUT2D eigenvalue weighted by atomic mass is 10.1. The summed E-state index contributed by atoms with van der Waals surface area (Å²) >= 11 is 0. The Labute approximate surface area is 99.2 Å². The van der Waals surface area contributed by atoms with Crippen LogP contribution >= 0.6 is 0 Å². The van der Waals surface area contributed by atoms with Crippen molar-refractivity contribution in [3.8, 4) is 0 Å². The Kier molecular flexibility index (Phi) is 4.74. The molecule has 4 nitrogen and oxygen atoms in total. The Bertz CT molecular complexity index is 245. The van der Waals surface area contributed by atoms with Gasteiger partial charge in [0.15, 0.2) is 0 Å². The fourth-order valence-electron chi connectivity index (χ4n) is 1.72. The van der Waals surface area contributed by atoms with Gasteiger partial charge in [-0.2, -0.15) is 0 Å². The van der Waals surface area contributed by atoms with E-state index in [1.807, 2.05) is 0 Å². The van der Waals surface area contributed by atoms with Gasteiger partial charge >= 0.3 is 0 Å². The monoisotopic (exact) mass is 227 g/mol. The van der Waals surface area contributed by atoms with Gasteiger partial charge in [0.25, 0.3) is 0 Å². The maximum Gasteiger partial charge on any atom is 0.106 e. The fraction of sp³-hybridized carbons (Fsp3) is 0.917. The van der Waals surface area contributed by atoms with Gasteiger partial charge < -0.3 is 9.74 Å². The van der Waals surface area contributed by atoms with Gasteiger partial charge in [-0.05, 0) is 27.8 Å². The molecule has 0 spiro atoms. The van der Waals surface area contributed by atoms with Crippen LogP contribution in [0.2, 0.25) is 0 Å². The van der Waals surface area contributed by atoms with Crippen LogP contribution in [0.4, 0.5) is 0 Å². The minimum atomic E-state index is 0.253. The molecule has 0 aromatic carbocycles. The zero-order valence-corrected chi connectivity index (χ0v) is 11.3. The number of oxime groups is 1. The van der Waals surface area contributed by atoms with Gasteiger partial charge in [0, 0.05) is 38.1 Å². The van der Waals surface area contributed by atoms with E-state index in [1.165, 1.54) is 5.71 Å². The van der Waals surface area contributed by atoms with Crippen LogP contribution in [-0.4, -0.2) is 61.4 Å². The first-order valence-corrected chi connectivity index (χ1v) is 5.96. The van der Waals surface area contributed by atoms with Crippen molar-refractivity contribution in [2.45, 2.75) is 32.7 Å². The van der Waals surface area contributed by atoms with Crippen LogP contribution in [0.1, 0.15) is 27.2 Å². The van der Waals surface area contributed by atoms with E-state index in [-0.39, 0.29) is 5.54 Å². The Morgan fingerprint density at radius 1 is 1.44 bits per heavy atom. The van der Waals surface area contributed by atoms with Crippen LogP contribution in [0.3, 0.4) is 0 Å². The number of nitrogens with zero attached hydrogens (tertiary/aromatic N) is 3. The largest absolute Gasteiger partial charge is 0.399 e. The number of hydrogen-bond acceptors (Lipinski definition) is 4. The topological polar surface area (TPSA) is 28.1 Å². The van der Waals surface area contributed by atoms with Gasteiger partial charge in [0.2, 0.25) is 0 Å². The Balaban J connectivity index is 2.28. The molecule has 1 fully saturated rings. The van der Waals surface area contributed by atoms with Gasteiger partial charge in [0.05, 0.1) is 5.71 Å². The molecule has 0 saturated carbocycles. The summed E-state index contributed by atoms with van der Waals surface area (Å²) in [5.41, 5.74) is 1.42. The Morgan fingerprint density at radius 2 is 2.12 bits per heavy atom. The number of hydrogen-bond donors (Lipinski definition) is 0. The summed E-state index contributed by atoms with van der Waals surface area (Å²) < 4.78 is 0. The van der Waals surface area contributed by atoms with E-state index in [0.717, 1.165) is 32.6 Å². The highest BCUT2D eigenvalue weighted by atomic mass is 16.6. The quantitative estimate of drug-likeness (QED) is 0.680. The van der Waals surface area contributed by atoms with Crippen LogP contribution in [0, 0.1) is 0 Å². The number of likely N-dealkylation sites (N-methyl/N-ethyl adjacent to an activating group) is 1. The van der Waals surface area contributed by atoms with Crippen molar-refractivity contribution in [3.05, 3.63) is 0 Å². The molecule has 1 rings (SSSR count). The summed E-state index contributed by atoms with van der Waals surface area (Å²) in [6, 6.07) is 0. The van der Waals surface area contributed by atoms with Crippen LogP contribution < -0.4 is 0 Å². The molecular weight excluding hydrogens is 202 g/mol. The van der Waals surface area contributed by atoms with E-state index in [2.05, 4.69) is 42.8 Å². The van der Waals surface area contributed by atoms with Crippen molar-refractivity contribution in [1.29, 1.82) is 0 Å². The van der Waals surface area contributed by atoms with Crippen molar-refractivity contribution < 1.29 is 4.84 Å². The van der Waals surface area contributed by atoms with E-state index in [9.17, 15) is 0 Å². The molecule has 0 N–H and O–H groups in total. The highest BCUT2D eigenvalue weighted by Crippen LogP contribution is 2.11. The zero-order chi connectivity index (χ0) is 12.2. The first-order valence-electron chi connectivity index (χ1n) is 5.96. The summed E-state index contributed by atoms with van der Waals surface area (Å²) in [5.74, 6) is 0.